The van der Waals surface area contributed by atoms with Crippen molar-refractivity contribution in [3.8, 4) is 0 Å². The van der Waals surface area contributed by atoms with E-state index in [-0.39, 0.29) is 23.7 Å². The topological polar surface area (TPSA) is 46.2 Å². The quantitative estimate of drug-likeness (QED) is 0.863. The second kappa shape index (κ2) is 6.15. The van der Waals surface area contributed by atoms with Crippen molar-refractivity contribution >= 4 is 35.0 Å². The molecule has 108 valence electrons. The molecule has 0 spiro atoms. The smallest absolute Gasteiger partial charge is 0.230 e. The molecule has 5 heteroatoms. The van der Waals surface area contributed by atoms with Crippen LogP contribution in [0.4, 0.5) is 0 Å². The molecule has 2 unspecified atom stereocenters. The van der Waals surface area contributed by atoms with Crippen molar-refractivity contribution in [2.24, 2.45) is 11.8 Å². The number of hydrogen-bond acceptors (Lipinski definition) is 2. The molecule has 2 rings (SSSR count). The highest BCUT2D eigenvalue weighted by atomic mass is 35.5. The van der Waals surface area contributed by atoms with Gasteiger partial charge in [-0.25, -0.2) is 0 Å². The van der Waals surface area contributed by atoms with Crippen molar-refractivity contribution in [1.82, 2.24) is 5.32 Å². The normalized spacial score (nSPS) is 23.1. The summed E-state index contributed by atoms with van der Waals surface area (Å²) < 4.78 is 0. The van der Waals surface area contributed by atoms with Gasteiger partial charge in [0.15, 0.2) is 0 Å². The van der Waals surface area contributed by atoms with Gasteiger partial charge in [0.2, 0.25) is 11.8 Å². The third-order valence-electron chi connectivity index (χ3n) is 3.53. The van der Waals surface area contributed by atoms with Crippen molar-refractivity contribution in [3.05, 3.63) is 33.8 Å². The van der Waals surface area contributed by atoms with Gasteiger partial charge in [-0.2, -0.15) is 0 Å². The molecule has 0 radical (unpaired) electrons. The van der Waals surface area contributed by atoms with Gasteiger partial charge in [-0.15, -0.1) is 0 Å². The number of rotatable bonds is 3. The Balaban J connectivity index is 2.37. The van der Waals surface area contributed by atoms with E-state index in [0.717, 1.165) is 12.0 Å². The Bertz CT molecular complexity index is 522. The summed E-state index contributed by atoms with van der Waals surface area (Å²) in [5, 5.41) is 3.46. The molecule has 1 fully saturated rings. The molecule has 20 heavy (non-hydrogen) atoms. The maximum atomic E-state index is 12.1. The average molecular weight is 314 g/mol. The Kier molecular flexibility index (Phi) is 4.71. The summed E-state index contributed by atoms with van der Waals surface area (Å²) in [7, 11) is 0. The second-order valence-corrected chi connectivity index (χ2v) is 6.53. The molecule has 3 nitrogen and oxygen atoms in total. The average Bonchev–Trinajstić information content (AvgIpc) is 2.30. The number of piperidine rings is 1. The van der Waals surface area contributed by atoms with Gasteiger partial charge in [0.25, 0.3) is 0 Å². The van der Waals surface area contributed by atoms with Crippen LogP contribution in [0.3, 0.4) is 0 Å². The van der Waals surface area contributed by atoms with Crippen LogP contribution in [0.25, 0.3) is 0 Å². The van der Waals surface area contributed by atoms with Crippen LogP contribution in [0.2, 0.25) is 10.0 Å². The molecule has 1 aliphatic rings. The minimum absolute atomic E-state index is 0.158. The molecule has 0 bridgehead atoms. The van der Waals surface area contributed by atoms with Crippen LogP contribution in [0, 0.1) is 11.8 Å². The number of benzene rings is 1. The van der Waals surface area contributed by atoms with Crippen LogP contribution < -0.4 is 5.32 Å². The van der Waals surface area contributed by atoms with Crippen LogP contribution in [-0.4, -0.2) is 11.8 Å². The Morgan fingerprint density at radius 3 is 2.35 bits per heavy atom. The van der Waals surface area contributed by atoms with E-state index < -0.39 is 0 Å². The molecule has 1 aromatic rings. The first kappa shape index (κ1) is 15.3. The fourth-order valence-electron chi connectivity index (χ4n) is 2.72. The summed E-state index contributed by atoms with van der Waals surface area (Å²) in [5.74, 6) is -0.444. The fraction of sp³-hybridized carbons (Fsp3) is 0.467. The molecule has 0 aliphatic carbocycles. The van der Waals surface area contributed by atoms with Gasteiger partial charge in [0.05, 0.1) is 0 Å². The van der Waals surface area contributed by atoms with Crippen LogP contribution >= 0.6 is 23.2 Å². The number of nitrogens with one attached hydrogen (secondary N) is 1. The molecule has 1 N–H and O–H groups in total. The minimum atomic E-state index is -0.240. The highest BCUT2D eigenvalue weighted by Gasteiger charge is 2.37. The van der Waals surface area contributed by atoms with Crippen LogP contribution in [0.5, 0.6) is 0 Å². The maximum absolute atomic E-state index is 12.1. The summed E-state index contributed by atoms with van der Waals surface area (Å²) >= 11 is 12.1. The molecule has 1 aliphatic heterocycles. The van der Waals surface area contributed by atoms with Crippen LogP contribution in [-0.2, 0) is 9.59 Å². The van der Waals surface area contributed by atoms with Gasteiger partial charge in [-0.3, -0.25) is 14.9 Å². The maximum Gasteiger partial charge on any atom is 0.230 e. The van der Waals surface area contributed by atoms with Crippen molar-refractivity contribution in [2.45, 2.75) is 32.6 Å². The number of halogens is 2. The Morgan fingerprint density at radius 1 is 1.20 bits per heavy atom. The summed E-state index contributed by atoms with van der Waals surface area (Å²) in [6, 6.07) is 5.23. The molecule has 2 atom stereocenters. The third-order valence-corrected chi connectivity index (χ3v) is 3.97. The predicted molar refractivity (Wildman–Crippen MR) is 79.9 cm³/mol. The van der Waals surface area contributed by atoms with Gasteiger partial charge in [0.1, 0.15) is 0 Å². The summed E-state index contributed by atoms with van der Waals surface area (Å²) in [4.78, 5) is 23.8. The summed E-state index contributed by atoms with van der Waals surface area (Å²) in [6.07, 6.45) is 1.02. The largest absolute Gasteiger partial charge is 0.296 e. The molecular weight excluding hydrogens is 297 g/mol. The second-order valence-electron chi connectivity index (χ2n) is 5.66. The van der Waals surface area contributed by atoms with Crippen LogP contribution in [0.1, 0.15) is 38.2 Å². The Hall–Kier alpha value is -1.06. The van der Waals surface area contributed by atoms with Gasteiger partial charge in [-0.1, -0.05) is 37.0 Å². The number of hydrogen-bond donors (Lipinski definition) is 1. The fourth-order valence-corrected chi connectivity index (χ4v) is 3.27. The number of imide groups is 1. The van der Waals surface area contributed by atoms with E-state index in [9.17, 15) is 9.59 Å². The van der Waals surface area contributed by atoms with E-state index in [0.29, 0.717) is 22.4 Å². The van der Waals surface area contributed by atoms with Crippen LogP contribution in [0.15, 0.2) is 18.2 Å². The first-order chi connectivity index (χ1) is 9.36. The number of carbonyl (C=O) groups is 2. The zero-order valence-corrected chi connectivity index (χ0v) is 13.0. The molecule has 1 aromatic carbocycles. The molecule has 1 heterocycles. The Labute approximate surface area is 128 Å². The SMILES string of the molecule is CC(C)CC1C(=O)NC(=O)CC1c1cc(Cl)cc(Cl)c1. The van der Waals surface area contributed by atoms with Crippen molar-refractivity contribution < 1.29 is 9.59 Å². The van der Waals surface area contributed by atoms with Gasteiger partial charge in [-0.05, 0) is 36.1 Å². The van der Waals surface area contributed by atoms with Gasteiger partial charge < -0.3 is 0 Å². The Morgan fingerprint density at radius 2 is 1.80 bits per heavy atom. The van der Waals surface area contributed by atoms with Gasteiger partial charge in [0, 0.05) is 28.3 Å². The van der Waals surface area contributed by atoms with E-state index >= 15 is 0 Å². The van der Waals surface area contributed by atoms with E-state index in [1.54, 1.807) is 18.2 Å². The monoisotopic (exact) mass is 313 g/mol. The number of carbonyl (C=O) groups excluding carboxylic acids is 2. The number of amides is 2. The molecular formula is C15H17Cl2NO2. The minimum Gasteiger partial charge on any atom is -0.296 e. The van der Waals surface area contributed by atoms with E-state index in [1.165, 1.54) is 0 Å². The highest BCUT2D eigenvalue weighted by Crippen LogP contribution is 2.37. The molecule has 0 saturated carbocycles. The van der Waals surface area contributed by atoms with E-state index in [4.69, 9.17) is 23.2 Å². The van der Waals surface area contributed by atoms with Crippen molar-refractivity contribution in [2.75, 3.05) is 0 Å². The molecule has 2 amide bonds. The standard InChI is InChI=1S/C15H17Cl2NO2/c1-8(2)3-13-12(7-14(19)18-15(13)20)9-4-10(16)6-11(17)5-9/h4-6,8,12-13H,3,7H2,1-2H3,(H,18,19,20). The van der Waals surface area contributed by atoms with Gasteiger partial charge >= 0.3 is 0 Å². The summed E-state index contributed by atoms with van der Waals surface area (Å²) in [6.45, 7) is 4.12. The first-order valence-corrected chi connectivity index (χ1v) is 7.42. The zero-order chi connectivity index (χ0) is 14.9. The lowest BCUT2D eigenvalue weighted by Gasteiger charge is -2.31. The first-order valence-electron chi connectivity index (χ1n) is 6.66. The van der Waals surface area contributed by atoms with Crippen molar-refractivity contribution in [3.63, 3.8) is 0 Å². The van der Waals surface area contributed by atoms with Crippen molar-refractivity contribution in [1.29, 1.82) is 0 Å². The lowest BCUT2D eigenvalue weighted by molar-refractivity contribution is -0.137. The summed E-state index contributed by atoms with van der Waals surface area (Å²) in [5.41, 5.74) is 0.858. The molecule has 0 aromatic heterocycles. The molecule has 1 saturated heterocycles. The van der Waals surface area contributed by atoms with E-state index in [2.05, 4.69) is 19.2 Å². The third kappa shape index (κ3) is 3.53. The lowest BCUT2D eigenvalue weighted by Crippen LogP contribution is -2.45. The highest BCUT2D eigenvalue weighted by molar-refractivity contribution is 6.34. The lowest BCUT2D eigenvalue weighted by atomic mass is 9.76. The van der Waals surface area contributed by atoms with E-state index in [1.807, 2.05) is 0 Å². The zero-order valence-electron chi connectivity index (χ0n) is 11.5. The predicted octanol–water partition coefficient (Wildman–Crippen LogP) is 3.79.